The Kier molecular flexibility index (Phi) is 5.74. The molecule has 0 saturated carbocycles. The maximum absolute atomic E-state index is 12.5. The second-order valence-corrected chi connectivity index (χ2v) is 7.00. The van der Waals surface area contributed by atoms with Crippen LogP contribution < -0.4 is 10.4 Å². The first kappa shape index (κ1) is 19.6. The van der Waals surface area contributed by atoms with E-state index in [0.717, 1.165) is 11.1 Å². The van der Waals surface area contributed by atoms with Crippen molar-refractivity contribution in [3.63, 3.8) is 0 Å². The van der Waals surface area contributed by atoms with Crippen LogP contribution in [0.1, 0.15) is 5.69 Å². The van der Waals surface area contributed by atoms with E-state index in [9.17, 15) is 14.4 Å². The Morgan fingerprint density at radius 1 is 0.967 bits per heavy atom. The molecule has 0 atom stereocenters. The van der Waals surface area contributed by atoms with Gasteiger partial charge in [-0.3, -0.25) is 14.6 Å². The number of carbonyl (C=O) groups excluding carboxylic acids is 2. The van der Waals surface area contributed by atoms with Crippen LogP contribution in [0.25, 0.3) is 11.0 Å². The Morgan fingerprint density at radius 2 is 1.70 bits per heavy atom. The van der Waals surface area contributed by atoms with Crippen LogP contribution in [0.4, 0.5) is 0 Å². The first-order valence-electron chi connectivity index (χ1n) is 9.71. The number of nitrogens with zero attached hydrogens (tertiary/aromatic N) is 3. The van der Waals surface area contributed by atoms with Gasteiger partial charge in [0.15, 0.2) is 6.61 Å². The van der Waals surface area contributed by atoms with Crippen molar-refractivity contribution in [3.05, 3.63) is 70.8 Å². The summed E-state index contributed by atoms with van der Waals surface area (Å²) in [5.41, 5.74) is 0.708. The van der Waals surface area contributed by atoms with Gasteiger partial charge < -0.3 is 19.0 Å². The van der Waals surface area contributed by atoms with Crippen molar-refractivity contribution in [2.24, 2.45) is 0 Å². The molecule has 2 aromatic heterocycles. The summed E-state index contributed by atoms with van der Waals surface area (Å²) in [7, 11) is 0. The van der Waals surface area contributed by atoms with Gasteiger partial charge in [0.1, 0.15) is 11.3 Å². The SMILES string of the molecule is O=C(COc1ccc2ccc(=O)oc2c1)N1CCN(C(=O)Cc2ccccn2)CC1. The average molecular weight is 407 g/mol. The molecule has 3 heterocycles. The minimum absolute atomic E-state index is 0.00899. The highest BCUT2D eigenvalue weighted by atomic mass is 16.5. The Labute approximate surface area is 172 Å². The van der Waals surface area contributed by atoms with Crippen LogP contribution >= 0.6 is 0 Å². The summed E-state index contributed by atoms with van der Waals surface area (Å²) in [5.74, 6) is 0.311. The zero-order chi connectivity index (χ0) is 20.9. The van der Waals surface area contributed by atoms with Gasteiger partial charge in [-0.25, -0.2) is 4.79 Å². The van der Waals surface area contributed by atoms with Crippen LogP contribution in [0.15, 0.2) is 63.9 Å². The molecule has 1 fully saturated rings. The monoisotopic (exact) mass is 407 g/mol. The van der Waals surface area contributed by atoms with E-state index in [1.165, 1.54) is 6.07 Å². The van der Waals surface area contributed by atoms with Gasteiger partial charge in [-0.1, -0.05) is 6.07 Å². The summed E-state index contributed by atoms with van der Waals surface area (Å²) in [6, 6.07) is 13.6. The zero-order valence-corrected chi connectivity index (χ0v) is 16.3. The van der Waals surface area contributed by atoms with Crippen LogP contribution in [-0.2, 0) is 16.0 Å². The highest BCUT2D eigenvalue weighted by Gasteiger charge is 2.24. The lowest BCUT2D eigenvalue weighted by Gasteiger charge is -2.34. The molecule has 4 rings (SSSR count). The normalized spacial score (nSPS) is 14.0. The second-order valence-electron chi connectivity index (χ2n) is 7.00. The van der Waals surface area contributed by atoms with Crippen LogP contribution in [0, 0.1) is 0 Å². The first-order chi connectivity index (χ1) is 14.6. The van der Waals surface area contributed by atoms with Gasteiger partial charge in [0.25, 0.3) is 5.91 Å². The predicted molar refractivity (Wildman–Crippen MR) is 109 cm³/mol. The molecule has 2 amide bonds. The predicted octanol–water partition coefficient (Wildman–Crippen LogP) is 1.48. The van der Waals surface area contributed by atoms with Crippen molar-refractivity contribution in [1.82, 2.24) is 14.8 Å². The topological polar surface area (TPSA) is 93.0 Å². The fourth-order valence-electron chi connectivity index (χ4n) is 3.34. The van der Waals surface area contributed by atoms with Crippen molar-refractivity contribution in [2.75, 3.05) is 32.8 Å². The van der Waals surface area contributed by atoms with Gasteiger partial charge in [0.2, 0.25) is 5.91 Å². The van der Waals surface area contributed by atoms with E-state index in [-0.39, 0.29) is 24.8 Å². The number of benzene rings is 1. The Morgan fingerprint density at radius 3 is 2.43 bits per heavy atom. The third-order valence-electron chi connectivity index (χ3n) is 5.00. The lowest BCUT2D eigenvalue weighted by Crippen LogP contribution is -2.52. The van der Waals surface area contributed by atoms with E-state index in [2.05, 4.69) is 4.98 Å². The molecular formula is C22H21N3O5. The Bertz CT molecular complexity index is 1100. The van der Waals surface area contributed by atoms with Gasteiger partial charge in [0, 0.05) is 55.6 Å². The molecule has 1 aliphatic rings. The number of rotatable bonds is 5. The summed E-state index contributed by atoms with van der Waals surface area (Å²) >= 11 is 0. The molecule has 3 aromatic rings. The summed E-state index contributed by atoms with van der Waals surface area (Å²) < 4.78 is 10.7. The Balaban J connectivity index is 1.27. The number of carbonyl (C=O) groups is 2. The zero-order valence-electron chi connectivity index (χ0n) is 16.3. The number of pyridine rings is 1. The quantitative estimate of drug-likeness (QED) is 0.595. The molecule has 1 aromatic carbocycles. The van der Waals surface area contributed by atoms with Gasteiger partial charge in [-0.05, 0) is 30.3 Å². The van der Waals surface area contributed by atoms with Crippen LogP contribution in [-0.4, -0.2) is 59.4 Å². The smallest absolute Gasteiger partial charge is 0.336 e. The molecule has 8 nitrogen and oxygen atoms in total. The molecule has 0 radical (unpaired) electrons. The highest BCUT2D eigenvalue weighted by Crippen LogP contribution is 2.19. The molecule has 30 heavy (non-hydrogen) atoms. The molecule has 0 aliphatic carbocycles. The molecule has 0 spiro atoms. The maximum Gasteiger partial charge on any atom is 0.336 e. The first-order valence-corrected chi connectivity index (χ1v) is 9.71. The van der Waals surface area contributed by atoms with Crippen molar-refractivity contribution in [3.8, 4) is 5.75 Å². The Hall–Kier alpha value is -3.68. The summed E-state index contributed by atoms with van der Waals surface area (Å²) in [6.07, 6.45) is 1.93. The number of ether oxygens (including phenoxy) is 1. The number of aromatic nitrogens is 1. The average Bonchev–Trinajstić information content (AvgIpc) is 2.78. The standard InChI is InChI=1S/C22H21N3O5/c26-20(13-17-3-1-2-8-23-17)24-9-11-25(12-10-24)21(27)15-29-18-6-4-16-5-7-22(28)30-19(16)14-18/h1-8,14H,9-13,15H2. The summed E-state index contributed by atoms with van der Waals surface area (Å²) in [4.78, 5) is 43.8. The van der Waals surface area contributed by atoms with Crippen molar-refractivity contribution < 1.29 is 18.7 Å². The summed E-state index contributed by atoms with van der Waals surface area (Å²) in [5, 5.41) is 0.778. The minimum Gasteiger partial charge on any atom is -0.484 e. The van der Waals surface area contributed by atoms with E-state index < -0.39 is 5.63 Å². The molecular weight excluding hydrogens is 386 g/mol. The van der Waals surface area contributed by atoms with Crippen molar-refractivity contribution >= 4 is 22.8 Å². The third kappa shape index (κ3) is 4.65. The van der Waals surface area contributed by atoms with Crippen LogP contribution in [0.2, 0.25) is 0 Å². The molecule has 1 aliphatic heterocycles. The van der Waals surface area contributed by atoms with Crippen molar-refractivity contribution in [2.45, 2.75) is 6.42 Å². The van der Waals surface area contributed by atoms with Crippen LogP contribution in [0.3, 0.4) is 0 Å². The molecule has 0 unspecified atom stereocenters. The number of piperazine rings is 1. The molecule has 1 saturated heterocycles. The number of amides is 2. The van der Waals surface area contributed by atoms with Crippen LogP contribution in [0.5, 0.6) is 5.75 Å². The maximum atomic E-state index is 12.5. The number of fused-ring (bicyclic) bond motifs is 1. The van der Waals surface area contributed by atoms with Gasteiger partial charge in [-0.15, -0.1) is 0 Å². The molecule has 154 valence electrons. The lowest BCUT2D eigenvalue weighted by atomic mass is 10.2. The molecule has 0 bridgehead atoms. The van der Waals surface area contributed by atoms with E-state index in [0.29, 0.717) is 37.5 Å². The molecule has 8 heteroatoms. The van der Waals surface area contributed by atoms with E-state index in [4.69, 9.17) is 9.15 Å². The number of hydrogen-bond acceptors (Lipinski definition) is 6. The molecule has 0 N–H and O–H groups in total. The van der Waals surface area contributed by atoms with Gasteiger partial charge in [0.05, 0.1) is 6.42 Å². The van der Waals surface area contributed by atoms with Gasteiger partial charge >= 0.3 is 5.63 Å². The second kappa shape index (κ2) is 8.77. The van der Waals surface area contributed by atoms with E-state index in [1.54, 1.807) is 40.3 Å². The van der Waals surface area contributed by atoms with Crippen molar-refractivity contribution in [1.29, 1.82) is 0 Å². The third-order valence-corrected chi connectivity index (χ3v) is 5.00. The number of hydrogen-bond donors (Lipinski definition) is 0. The lowest BCUT2D eigenvalue weighted by molar-refractivity contribution is -0.140. The summed E-state index contributed by atoms with van der Waals surface area (Å²) in [6.45, 7) is 1.77. The van der Waals surface area contributed by atoms with E-state index in [1.807, 2.05) is 18.2 Å². The fourth-order valence-corrected chi connectivity index (χ4v) is 3.34. The van der Waals surface area contributed by atoms with Gasteiger partial charge in [-0.2, -0.15) is 0 Å². The fraction of sp³-hybridized carbons (Fsp3) is 0.273. The minimum atomic E-state index is -0.439. The van der Waals surface area contributed by atoms with E-state index >= 15 is 0 Å². The highest BCUT2D eigenvalue weighted by molar-refractivity contribution is 5.81. The largest absolute Gasteiger partial charge is 0.484 e.